The molecule has 240 valence electrons. The first-order valence-electron chi connectivity index (χ1n) is 15.6. The minimum atomic E-state index is -0.793. The number of hydrogen-bond donors (Lipinski definition) is 5. The van der Waals surface area contributed by atoms with Gasteiger partial charge >= 0.3 is 6.03 Å². The SMILES string of the molecule is CCCCC(Oc1ccc(C(C)(C)CC)cc1C(C)(C)CC)C(=O)Nc1cc(O)c(NC(=O)Nc2ccc(C#N)cc2)cc1N. The topological polar surface area (TPSA) is 150 Å². The molecule has 3 rings (SSSR count). The van der Waals surface area contributed by atoms with Gasteiger partial charge in [0, 0.05) is 17.3 Å². The molecule has 0 aliphatic rings. The summed E-state index contributed by atoms with van der Waals surface area (Å²) in [6.07, 6.45) is 3.26. The minimum absolute atomic E-state index is 0.000941. The van der Waals surface area contributed by atoms with Crippen LogP contribution in [-0.4, -0.2) is 23.1 Å². The van der Waals surface area contributed by atoms with Crippen LogP contribution in [0.25, 0.3) is 0 Å². The average Bonchev–Trinajstić information content (AvgIpc) is 3.01. The summed E-state index contributed by atoms with van der Waals surface area (Å²) in [5.41, 5.74) is 9.72. The number of unbranched alkanes of at least 4 members (excludes halogenated alkanes) is 1. The van der Waals surface area contributed by atoms with Crippen LogP contribution in [0, 0.1) is 11.3 Å². The Morgan fingerprint density at radius 3 is 2.18 bits per heavy atom. The number of rotatable bonds is 13. The van der Waals surface area contributed by atoms with Crippen LogP contribution in [0.3, 0.4) is 0 Å². The number of nitrogen functional groups attached to an aromatic ring is 1. The molecule has 3 aromatic rings. The summed E-state index contributed by atoms with van der Waals surface area (Å²) in [5, 5.41) is 27.6. The van der Waals surface area contributed by atoms with Gasteiger partial charge in [-0.25, -0.2) is 4.79 Å². The lowest BCUT2D eigenvalue weighted by atomic mass is 9.76. The second-order valence-electron chi connectivity index (χ2n) is 12.6. The molecular formula is C36H47N5O4. The van der Waals surface area contributed by atoms with E-state index >= 15 is 0 Å². The minimum Gasteiger partial charge on any atom is -0.506 e. The predicted octanol–water partition coefficient (Wildman–Crippen LogP) is 8.44. The van der Waals surface area contributed by atoms with Crippen LogP contribution in [0.1, 0.15) is 97.3 Å². The summed E-state index contributed by atoms with van der Waals surface area (Å²) in [4.78, 5) is 26.1. The van der Waals surface area contributed by atoms with Crippen LogP contribution in [0.4, 0.5) is 27.5 Å². The average molecular weight is 614 g/mol. The Kier molecular flexibility index (Phi) is 11.5. The summed E-state index contributed by atoms with van der Waals surface area (Å²) in [6.45, 7) is 15.2. The Balaban J connectivity index is 1.82. The number of amides is 3. The number of nitrogens with zero attached hydrogens (tertiary/aromatic N) is 1. The molecule has 1 atom stereocenters. The van der Waals surface area contributed by atoms with Crippen molar-refractivity contribution >= 4 is 34.7 Å². The lowest BCUT2D eigenvalue weighted by molar-refractivity contribution is -0.123. The highest BCUT2D eigenvalue weighted by atomic mass is 16.5. The highest BCUT2D eigenvalue weighted by molar-refractivity contribution is 6.03. The lowest BCUT2D eigenvalue weighted by Crippen LogP contribution is -2.34. The molecule has 0 heterocycles. The van der Waals surface area contributed by atoms with Crippen molar-refractivity contribution in [1.82, 2.24) is 0 Å². The lowest BCUT2D eigenvalue weighted by Gasteiger charge is -2.31. The van der Waals surface area contributed by atoms with Crippen molar-refractivity contribution in [1.29, 1.82) is 5.26 Å². The molecule has 0 aliphatic carbocycles. The van der Waals surface area contributed by atoms with E-state index in [4.69, 9.17) is 15.7 Å². The number of nitriles is 1. The molecule has 0 bridgehead atoms. The zero-order valence-corrected chi connectivity index (χ0v) is 27.5. The zero-order valence-electron chi connectivity index (χ0n) is 27.5. The van der Waals surface area contributed by atoms with Crippen molar-refractivity contribution in [2.45, 2.75) is 97.5 Å². The van der Waals surface area contributed by atoms with Crippen molar-refractivity contribution in [3.63, 3.8) is 0 Å². The number of aromatic hydroxyl groups is 1. The van der Waals surface area contributed by atoms with Crippen LogP contribution in [0.5, 0.6) is 11.5 Å². The van der Waals surface area contributed by atoms with E-state index in [1.165, 1.54) is 17.7 Å². The van der Waals surface area contributed by atoms with Gasteiger partial charge in [0.1, 0.15) is 11.5 Å². The van der Waals surface area contributed by atoms with Crippen molar-refractivity contribution in [3.05, 3.63) is 71.3 Å². The van der Waals surface area contributed by atoms with Gasteiger partial charge in [0.15, 0.2) is 6.10 Å². The monoisotopic (exact) mass is 613 g/mol. The molecule has 0 spiro atoms. The van der Waals surface area contributed by atoms with Crippen LogP contribution in [-0.2, 0) is 15.6 Å². The number of carbonyl (C=O) groups is 2. The van der Waals surface area contributed by atoms with E-state index in [0.717, 1.165) is 31.2 Å². The van der Waals surface area contributed by atoms with Crippen molar-refractivity contribution in [2.75, 3.05) is 21.7 Å². The van der Waals surface area contributed by atoms with Gasteiger partial charge in [-0.2, -0.15) is 5.26 Å². The van der Waals surface area contributed by atoms with E-state index in [2.05, 4.69) is 76.5 Å². The molecule has 3 amide bonds. The van der Waals surface area contributed by atoms with Gasteiger partial charge in [-0.05, 0) is 78.5 Å². The van der Waals surface area contributed by atoms with Crippen LogP contribution in [0.2, 0.25) is 0 Å². The number of nitrogens with one attached hydrogen (secondary N) is 3. The van der Waals surface area contributed by atoms with E-state index in [9.17, 15) is 14.7 Å². The molecule has 3 aromatic carbocycles. The molecule has 1 unspecified atom stereocenters. The van der Waals surface area contributed by atoms with Crippen LogP contribution < -0.4 is 26.4 Å². The van der Waals surface area contributed by atoms with E-state index in [1.807, 2.05) is 12.1 Å². The number of nitrogens with two attached hydrogens (primary N) is 1. The summed E-state index contributed by atoms with van der Waals surface area (Å²) < 4.78 is 6.49. The predicted molar refractivity (Wildman–Crippen MR) is 182 cm³/mol. The Hall–Kier alpha value is -4.71. The number of anilines is 4. The third-order valence-corrected chi connectivity index (χ3v) is 8.59. The van der Waals surface area contributed by atoms with Crippen molar-refractivity contribution in [2.24, 2.45) is 0 Å². The molecule has 0 aliphatic heterocycles. The van der Waals surface area contributed by atoms with E-state index in [-0.39, 0.29) is 39.5 Å². The summed E-state index contributed by atoms with van der Waals surface area (Å²) in [6, 6.07) is 16.7. The molecule has 0 aromatic heterocycles. The fourth-order valence-electron chi connectivity index (χ4n) is 4.70. The van der Waals surface area contributed by atoms with E-state index < -0.39 is 12.1 Å². The van der Waals surface area contributed by atoms with E-state index in [0.29, 0.717) is 23.4 Å². The van der Waals surface area contributed by atoms with Crippen LogP contribution >= 0.6 is 0 Å². The standard InChI is InChI=1S/C36H47N5O4/c1-8-11-12-32(45-31-18-15-24(35(4,5)9-2)19-26(31)36(6,7)10-3)33(43)40-28-21-30(42)29(20-27(28)38)41-34(44)39-25-16-13-23(22-37)14-17-25/h13-21,32,42H,8-12,38H2,1-7H3,(H,40,43)(H2,39,41,44). The number of hydrogen-bond acceptors (Lipinski definition) is 6. The summed E-state index contributed by atoms with van der Waals surface area (Å²) in [5.74, 6) is 0.0195. The maximum Gasteiger partial charge on any atom is 0.323 e. The highest BCUT2D eigenvalue weighted by Crippen LogP contribution is 2.39. The van der Waals surface area contributed by atoms with Crippen molar-refractivity contribution < 1.29 is 19.4 Å². The van der Waals surface area contributed by atoms with E-state index in [1.54, 1.807) is 24.3 Å². The normalized spacial score (nSPS) is 12.1. The number of ether oxygens (including phenoxy) is 1. The fourth-order valence-corrected chi connectivity index (χ4v) is 4.70. The first kappa shape index (κ1) is 34.8. The fraction of sp³-hybridized carbons (Fsp3) is 0.417. The maximum absolute atomic E-state index is 13.6. The second kappa shape index (κ2) is 14.8. The molecular weight excluding hydrogens is 566 g/mol. The van der Waals surface area contributed by atoms with Gasteiger partial charge in [-0.1, -0.05) is 67.0 Å². The maximum atomic E-state index is 13.6. The Morgan fingerprint density at radius 1 is 0.911 bits per heavy atom. The number of phenolic OH excluding ortho intramolecular Hbond substituents is 1. The van der Waals surface area contributed by atoms with Gasteiger partial charge in [0.25, 0.3) is 5.91 Å². The summed E-state index contributed by atoms with van der Waals surface area (Å²) in [7, 11) is 0. The molecule has 0 saturated heterocycles. The smallest absolute Gasteiger partial charge is 0.323 e. The zero-order chi connectivity index (χ0) is 33.4. The molecule has 9 heteroatoms. The molecule has 9 nitrogen and oxygen atoms in total. The number of carbonyl (C=O) groups excluding carboxylic acids is 2. The van der Waals surface area contributed by atoms with Gasteiger partial charge in [-0.3, -0.25) is 4.79 Å². The molecule has 45 heavy (non-hydrogen) atoms. The number of urea groups is 1. The molecule has 0 fully saturated rings. The van der Waals surface area contributed by atoms with Gasteiger partial charge in [-0.15, -0.1) is 0 Å². The number of benzene rings is 3. The Bertz CT molecular complexity index is 1540. The first-order valence-corrected chi connectivity index (χ1v) is 15.6. The molecule has 6 N–H and O–H groups in total. The molecule has 0 saturated carbocycles. The van der Waals surface area contributed by atoms with Gasteiger partial charge < -0.3 is 31.5 Å². The Labute approximate surface area is 267 Å². The highest BCUT2D eigenvalue weighted by Gasteiger charge is 2.29. The summed E-state index contributed by atoms with van der Waals surface area (Å²) >= 11 is 0. The van der Waals surface area contributed by atoms with Crippen LogP contribution in [0.15, 0.2) is 54.6 Å². The van der Waals surface area contributed by atoms with Crippen molar-refractivity contribution in [3.8, 4) is 17.6 Å². The molecule has 0 radical (unpaired) electrons. The largest absolute Gasteiger partial charge is 0.506 e. The van der Waals surface area contributed by atoms with Gasteiger partial charge in [0.2, 0.25) is 0 Å². The Morgan fingerprint density at radius 2 is 1.58 bits per heavy atom. The quantitative estimate of drug-likeness (QED) is 0.0742. The second-order valence-corrected chi connectivity index (χ2v) is 12.6. The van der Waals surface area contributed by atoms with Gasteiger partial charge in [0.05, 0.1) is 28.7 Å². The first-order chi connectivity index (χ1) is 21.2. The third kappa shape index (κ3) is 8.91. The number of phenols is 1. The third-order valence-electron chi connectivity index (χ3n) is 8.59.